The van der Waals surface area contributed by atoms with Gasteiger partial charge in [-0.25, -0.2) is 0 Å². The van der Waals surface area contributed by atoms with Gasteiger partial charge in [-0.3, -0.25) is 4.79 Å². The molecule has 1 rings (SSSR count). The van der Waals surface area contributed by atoms with E-state index in [-0.39, 0.29) is 0 Å². The van der Waals surface area contributed by atoms with Crippen LogP contribution in [0.2, 0.25) is 0 Å². The van der Waals surface area contributed by atoms with Gasteiger partial charge in [0, 0.05) is 6.42 Å². The molecule has 0 saturated heterocycles. The van der Waals surface area contributed by atoms with E-state index >= 15 is 0 Å². The van der Waals surface area contributed by atoms with E-state index < -0.39 is 0 Å². The van der Waals surface area contributed by atoms with Gasteiger partial charge in [0.15, 0.2) is 5.78 Å². The number of carbonyl (C=O) groups is 1. The summed E-state index contributed by atoms with van der Waals surface area (Å²) in [4.78, 5) is 11.5. The lowest BCUT2D eigenvalue weighted by atomic mass is 9.82. The summed E-state index contributed by atoms with van der Waals surface area (Å²) in [5, 5.41) is 0. The fraction of sp³-hybridized carbons (Fsp3) is 0.769. The highest BCUT2D eigenvalue weighted by Crippen LogP contribution is 2.27. The molecule has 0 saturated carbocycles. The van der Waals surface area contributed by atoms with Gasteiger partial charge in [0.2, 0.25) is 0 Å². The number of rotatable bonds is 4. The number of hydrogen-bond donors (Lipinski definition) is 0. The highest BCUT2D eigenvalue weighted by molar-refractivity contribution is 5.95. The van der Waals surface area contributed by atoms with Crippen LogP contribution in [-0.2, 0) is 4.79 Å². The molecule has 1 aliphatic carbocycles. The molecule has 0 radical (unpaired) electrons. The average Bonchev–Trinajstić information content (AvgIpc) is 2.12. The highest BCUT2D eigenvalue weighted by atomic mass is 16.1. The summed E-state index contributed by atoms with van der Waals surface area (Å²) in [6.45, 7) is 6.47. The van der Waals surface area contributed by atoms with Crippen molar-refractivity contribution >= 4 is 5.78 Å². The zero-order valence-corrected chi connectivity index (χ0v) is 9.68. The van der Waals surface area contributed by atoms with E-state index in [1.54, 1.807) is 0 Å². The molecule has 0 spiro atoms. The van der Waals surface area contributed by atoms with Gasteiger partial charge in [0.05, 0.1) is 0 Å². The summed E-state index contributed by atoms with van der Waals surface area (Å²) >= 11 is 0. The number of ketones is 1. The standard InChI is InChI=1S/C13H22O/c1-4-5-10(2)8-12-7-6-11(3)13(14)9-12/h6,10,12H,4-5,7-9H2,1-3H3. The van der Waals surface area contributed by atoms with Crippen LogP contribution in [0.5, 0.6) is 0 Å². The van der Waals surface area contributed by atoms with Crippen LogP contribution in [0.4, 0.5) is 0 Å². The van der Waals surface area contributed by atoms with Crippen molar-refractivity contribution in [3.63, 3.8) is 0 Å². The summed E-state index contributed by atoms with van der Waals surface area (Å²) in [6.07, 6.45) is 7.81. The first-order chi connectivity index (χ1) is 6.63. The molecule has 2 unspecified atom stereocenters. The van der Waals surface area contributed by atoms with E-state index in [2.05, 4.69) is 19.9 Å². The van der Waals surface area contributed by atoms with Gasteiger partial charge in [-0.1, -0.05) is 32.8 Å². The molecule has 0 aromatic rings. The van der Waals surface area contributed by atoms with Crippen molar-refractivity contribution in [2.45, 2.75) is 52.9 Å². The van der Waals surface area contributed by atoms with Crippen molar-refractivity contribution in [1.82, 2.24) is 0 Å². The van der Waals surface area contributed by atoms with E-state index in [4.69, 9.17) is 0 Å². The summed E-state index contributed by atoms with van der Waals surface area (Å²) < 4.78 is 0. The van der Waals surface area contributed by atoms with Crippen molar-refractivity contribution in [2.75, 3.05) is 0 Å². The lowest BCUT2D eigenvalue weighted by molar-refractivity contribution is -0.116. The third kappa shape index (κ3) is 3.28. The maximum atomic E-state index is 11.5. The number of Topliss-reactive ketones (excluding diaryl/α,β-unsaturated/α-hetero) is 1. The van der Waals surface area contributed by atoms with Crippen LogP contribution in [-0.4, -0.2) is 5.78 Å². The van der Waals surface area contributed by atoms with Gasteiger partial charge in [0.25, 0.3) is 0 Å². The van der Waals surface area contributed by atoms with Crippen LogP contribution in [0, 0.1) is 11.8 Å². The lowest BCUT2D eigenvalue weighted by Crippen LogP contribution is -2.16. The Balaban J connectivity index is 2.38. The van der Waals surface area contributed by atoms with Crippen LogP contribution < -0.4 is 0 Å². The number of hydrogen-bond acceptors (Lipinski definition) is 1. The smallest absolute Gasteiger partial charge is 0.158 e. The second-order valence-corrected chi connectivity index (χ2v) is 4.75. The Labute approximate surface area is 87.6 Å². The van der Waals surface area contributed by atoms with Crippen LogP contribution in [0.15, 0.2) is 11.6 Å². The predicted molar refractivity (Wildman–Crippen MR) is 60.2 cm³/mol. The monoisotopic (exact) mass is 194 g/mol. The second kappa shape index (κ2) is 5.33. The molecule has 1 nitrogen and oxygen atoms in total. The molecule has 0 amide bonds. The SMILES string of the molecule is CCCC(C)CC1CC=C(C)C(=O)C1. The zero-order chi connectivity index (χ0) is 10.6. The molecule has 0 bridgehead atoms. The van der Waals surface area contributed by atoms with E-state index in [1.807, 2.05) is 6.92 Å². The van der Waals surface area contributed by atoms with Crippen molar-refractivity contribution in [2.24, 2.45) is 11.8 Å². The van der Waals surface area contributed by atoms with Crippen molar-refractivity contribution in [1.29, 1.82) is 0 Å². The Morgan fingerprint density at radius 1 is 1.57 bits per heavy atom. The van der Waals surface area contributed by atoms with E-state index in [0.29, 0.717) is 11.7 Å². The molecule has 14 heavy (non-hydrogen) atoms. The minimum absolute atomic E-state index is 0.366. The molecule has 1 heteroatoms. The Morgan fingerprint density at radius 2 is 2.29 bits per heavy atom. The Hall–Kier alpha value is -0.590. The van der Waals surface area contributed by atoms with E-state index in [0.717, 1.165) is 24.3 Å². The van der Waals surface area contributed by atoms with E-state index in [9.17, 15) is 4.79 Å². The molecule has 0 aromatic carbocycles. The minimum Gasteiger partial charge on any atom is -0.295 e. The normalized spacial score (nSPS) is 24.6. The summed E-state index contributed by atoms with van der Waals surface area (Å²) in [5.41, 5.74) is 0.976. The maximum absolute atomic E-state index is 11.5. The van der Waals surface area contributed by atoms with Crippen molar-refractivity contribution < 1.29 is 4.79 Å². The lowest BCUT2D eigenvalue weighted by Gasteiger charge is -2.22. The third-order valence-corrected chi connectivity index (χ3v) is 3.19. The highest BCUT2D eigenvalue weighted by Gasteiger charge is 2.20. The molecule has 80 valence electrons. The third-order valence-electron chi connectivity index (χ3n) is 3.19. The Kier molecular flexibility index (Phi) is 4.37. The first-order valence-electron chi connectivity index (χ1n) is 5.83. The first kappa shape index (κ1) is 11.5. The van der Waals surface area contributed by atoms with Crippen LogP contribution in [0.1, 0.15) is 52.9 Å². The summed E-state index contributed by atoms with van der Waals surface area (Å²) in [7, 11) is 0. The molecule has 0 aliphatic heterocycles. The second-order valence-electron chi connectivity index (χ2n) is 4.75. The topological polar surface area (TPSA) is 17.1 Å². The molecule has 1 aliphatic rings. The van der Waals surface area contributed by atoms with Crippen LogP contribution in [0.25, 0.3) is 0 Å². The van der Waals surface area contributed by atoms with E-state index in [1.165, 1.54) is 19.3 Å². The van der Waals surface area contributed by atoms with Crippen molar-refractivity contribution in [3.05, 3.63) is 11.6 Å². The molecular weight excluding hydrogens is 172 g/mol. The molecule has 2 atom stereocenters. The first-order valence-corrected chi connectivity index (χ1v) is 5.83. The number of carbonyl (C=O) groups excluding carboxylic acids is 1. The maximum Gasteiger partial charge on any atom is 0.158 e. The fourth-order valence-electron chi connectivity index (χ4n) is 2.32. The predicted octanol–water partition coefficient (Wildman–Crippen LogP) is 3.74. The molecule has 0 aromatic heterocycles. The molecule has 0 heterocycles. The van der Waals surface area contributed by atoms with Gasteiger partial charge in [0.1, 0.15) is 0 Å². The molecule has 0 N–H and O–H groups in total. The quantitative estimate of drug-likeness (QED) is 0.666. The molecule has 0 fully saturated rings. The minimum atomic E-state index is 0.366. The zero-order valence-electron chi connectivity index (χ0n) is 9.68. The Morgan fingerprint density at radius 3 is 2.86 bits per heavy atom. The summed E-state index contributed by atoms with van der Waals surface area (Å²) in [6, 6.07) is 0. The molecular formula is C13H22O. The van der Waals surface area contributed by atoms with Crippen LogP contribution in [0.3, 0.4) is 0 Å². The van der Waals surface area contributed by atoms with Crippen LogP contribution >= 0.6 is 0 Å². The Bertz CT molecular complexity index is 227. The van der Waals surface area contributed by atoms with Gasteiger partial charge >= 0.3 is 0 Å². The van der Waals surface area contributed by atoms with Gasteiger partial charge in [-0.2, -0.15) is 0 Å². The fourth-order valence-corrected chi connectivity index (χ4v) is 2.32. The van der Waals surface area contributed by atoms with Gasteiger partial charge in [-0.05, 0) is 37.2 Å². The van der Waals surface area contributed by atoms with Gasteiger partial charge in [-0.15, -0.1) is 0 Å². The van der Waals surface area contributed by atoms with Gasteiger partial charge < -0.3 is 0 Å². The summed E-state index contributed by atoms with van der Waals surface area (Å²) in [5.74, 6) is 1.77. The number of allylic oxidation sites excluding steroid dienone is 2. The average molecular weight is 194 g/mol. The van der Waals surface area contributed by atoms with Crippen molar-refractivity contribution in [3.8, 4) is 0 Å². The largest absolute Gasteiger partial charge is 0.295 e.